The van der Waals surface area contributed by atoms with Gasteiger partial charge in [-0.05, 0) is 12.8 Å². The Bertz CT molecular complexity index is 107. The summed E-state index contributed by atoms with van der Waals surface area (Å²) in [4.78, 5) is 0. The van der Waals surface area contributed by atoms with Crippen LogP contribution < -0.4 is 0 Å². The second-order valence-electron chi connectivity index (χ2n) is 2.23. The van der Waals surface area contributed by atoms with Crippen LogP contribution in [0.3, 0.4) is 0 Å². The molecule has 0 fully saturated rings. The highest BCUT2D eigenvalue weighted by Gasteiger charge is 1.91. The van der Waals surface area contributed by atoms with Gasteiger partial charge in [-0.3, -0.25) is 0 Å². The van der Waals surface area contributed by atoms with Crippen molar-refractivity contribution in [1.29, 1.82) is 0 Å². The lowest BCUT2D eigenvalue weighted by molar-refractivity contribution is 0.795. The van der Waals surface area contributed by atoms with E-state index in [9.17, 15) is 0 Å². The smallest absolute Gasteiger partial charge is 0.0225 e. The molecule has 0 heterocycles. The maximum Gasteiger partial charge on any atom is -0.0225 e. The quantitative estimate of drug-likeness (QED) is 0.417. The summed E-state index contributed by atoms with van der Waals surface area (Å²) < 4.78 is 0. The normalized spacial score (nSPS) is 8.17. The molecule has 12 heavy (non-hydrogen) atoms. The first kappa shape index (κ1) is 17.3. The van der Waals surface area contributed by atoms with Gasteiger partial charge in [0.25, 0.3) is 0 Å². The number of allylic oxidation sites excluding steroid dienone is 3. The standard InChI is InChI=1S/C8H14.C2H6.C2H4/c1-5-6-8(4)7(2)3;2*1-2/h5-7H,4H2,1-3H3;1-2H3;1-2H2/b6-5-;;. The fraction of sp³-hybridized carbons (Fsp3) is 0.500. The molecule has 0 heteroatoms. The predicted octanol–water partition coefficient (Wildman–Crippen LogP) is 4.60. The van der Waals surface area contributed by atoms with Crippen LogP contribution in [0.15, 0.2) is 37.5 Å². The zero-order chi connectivity index (χ0) is 10.6. The third-order valence-electron chi connectivity index (χ3n) is 1.12. The highest BCUT2D eigenvalue weighted by atomic mass is 14.0. The lowest BCUT2D eigenvalue weighted by Gasteiger charge is -2.00. The van der Waals surface area contributed by atoms with Crippen molar-refractivity contribution in [2.24, 2.45) is 5.92 Å². The van der Waals surface area contributed by atoms with Crippen LogP contribution in [0.2, 0.25) is 0 Å². The van der Waals surface area contributed by atoms with Crippen LogP contribution in [0, 0.1) is 5.92 Å². The Morgan fingerprint density at radius 2 is 1.50 bits per heavy atom. The largest absolute Gasteiger partial charge is 0.106 e. The van der Waals surface area contributed by atoms with E-state index in [1.165, 1.54) is 5.57 Å². The Kier molecular flexibility index (Phi) is 24.1. The Morgan fingerprint density at radius 3 is 1.58 bits per heavy atom. The number of rotatable bonds is 2. The third kappa shape index (κ3) is 16.1. The first-order valence-corrected chi connectivity index (χ1v) is 4.50. The minimum absolute atomic E-state index is 0.589. The van der Waals surface area contributed by atoms with Crippen molar-refractivity contribution in [3.63, 3.8) is 0 Å². The van der Waals surface area contributed by atoms with Crippen molar-refractivity contribution < 1.29 is 0 Å². The maximum absolute atomic E-state index is 3.86. The van der Waals surface area contributed by atoms with Gasteiger partial charge >= 0.3 is 0 Å². The molecular weight excluding hydrogens is 144 g/mol. The van der Waals surface area contributed by atoms with E-state index >= 15 is 0 Å². The molecule has 0 amide bonds. The van der Waals surface area contributed by atoms with Crippen molar-refractivity contribution in [3.05, 3.63) is 37.5 Å². The molecule has 0 aliphatic carbocycles. The van der Waals surface area contributed by atoms with Crippen LogP contribution in [-0.2, 0) is 0 Å². The molecule has 0 aromatic carbocycles. The molecule has 0 aliphatic heterocycles. The summed E-state index contributed by atoms with van der Waals surface area (Å²) in [5.74, 6) is 0.589. The van der Waals surface area contributed by atoms with Gasteiger partial charge in [-0.25, -0.2) is 0 Å². The third-order valence-corrected chi connectivity index (χ3v) is 1.12. The summed E-state index contributed by atoms with van der Waals surface area (Å²) in [5, 5.41) is 0. The van der Waals surface area contributed by atoms with E-state index in [2.05, 4.69) is 33.6 Å². The van der Waals surface area contributed by atoms with Crippen LogP contribution in [0.5, 0.6) is 0 Å². The summed E-state index contributed by atoms with van der Waals surface area (Å²) >= 11 is 0. The average Bonchev–Trinajstić information content (AvgIpc) is 2.12. The van der Waals surface area contributed by atoms with Crippen LogP contribution in [0.1, 0.15) is 34.6 Å². The van der Waals surface area contributed by atoms with Crippen LogP contribution in [-0.4, -0.2) is 0 Å². The van der Waals surface area contributed by atoms with Crippen molar-refractivity contribution in [2.75, 3.05) is 0 Å². The Hall–Kier alpha value is -0.780. The topological polar surface area (TPSA) is 0 Å². The molecule has 0 radical (unpaired) electrons. The minimum atomic E-state index is 0.589. The molecular formula is C12H24. The van der Waals surface area contributed by atoms with E-state index in [1.54, 1.807) is 0 Å². The monoisotopic (exact) mass is 168 g/mol. The van der Waals surface area contributed by atoms with E-state index in [-0.39, 0.29) is 0 Å². The zero-order valence-corrected chi connectivity index (χ0v) is 9.35. The summed E-state index contributed by atoms with van der Waals surface area (Å²) in [7, 11) is 0. The Labute approximate surface area is 78.7 Å². The SMILES string of the molecule is C=C.C=C(/C=C\C)C(C)C.CC. The molecule has 0 bridgehead atoms. The summed E-state index contributed by atoms with van der Waals surface area (Å²) in [6, 6.07) is 0. The fourth-order valence-corrected chi connectivity index (χ4v) is 0.407. The molecule has 72 valence electrons. The summed E-state index contributed by atoms with van der Waals surface area (Å²) in [6.45, 7) is 20.1. The first-order valence-electron chi connectivity index (χ1n) is 4.50. The van der Waals surface area contributed by atoms with Gasteiger partial charge in [-0.2, -0.15) is 0 Å². The van der Waals surface area contributed by atoms with Gasteiger partial charge in [-0.15, -0.1) is 13.2 Å². The lowest BCUT2D eigenvalue weighted by atomic mass is 10.1. The summed E-state index contributed by atoms with van der Waals surface area (Å²) in [5.41, 5.74) is 1.20. The molecule has 0 spiro atoms. The van der Waals surface area contributed by atoms with Crippen molar-refractivity contribution in [2.45, 2.75) is 34.6 Å². The van der Waals surface area contributed by atoms with Crippen LogP contribution >= 0.6 is 0 Å². The van der Waals surface area contributed by atoms with E-state index in [0.717, 1.165) is 0 Å². The molecule has 0 rings (SSSR count). The van der Waals surface area contributed by atoms with E-state index in [4.69, 9.17) is 0 Å². The molecule has 0 nitrogen and oxygen atoms in total. The summed E-state index contributed by atoms with van der Waals surface area (Å²) in [6.07, 6.45) is 4.06. The molecule has 0 N–H and O–H groups in total. The molecule has 0 unspecified atom stereocenters. The number of hydrogen-bond acceptors (Lipinski definition) is 0. The van der Waals surface area contributed by atoms with Gasteiger partial charge in [0.05, 0.1) is 0 Å². The molecule has 0 aromatic rings. The van der Waals surface area contributed by atoms with Gasteiger partial charge in [0.2, 0.25) is 0 Å². The lowest BCUT2D eigenvalue weighted by Crippen LogP contribution is -1.86. The number of hydrogen-bond donors (Lipinski definition) is 0. The molecule has 0 aliphatic rings. The molecule has 0 atom stereocenters. The Morgan fingerprint density at radius 1 is 1.17 bits per heavy atom. The molecule has 0 saturated heterocycles. The van der Waals surface area contributed by atoms with Gasteiger partial charge in [0.15, 0.2) is 0 Å². The minimum Gasteiger partial charge on any atom is -0.106 e. The van der Waals surface area contributed by atoms with E-state index in [0.29, 0.717) is 5.92 Å². The predicted molar refractivity (Wildman–Crippen MR) is 61.4 cm³/mol. The van der Waals surface area contributed by atoms with Crippen molar-refractivity contribution >= 4 is 0 Å². The zero-order valence-electron chi connectivity index (χ0n) is 9.35. The van der Waals surface area contributed by atoms with Crippen molar-refractivity contribution in [1.82, 2.24) is 0 Å². The van der Waals surface area contributed by atoms with E-state index in [1.807, 2.05) is 32.9 Å². The van der Waals surface area contributed by atoms with Crippen LogP contribution in [0.25, 0.3) is 0 Å². The van der Waals surface area contributed by atoms with Gasteiger partial charge in [0, 0.05) is 0 Å². The molecule has 0 aromatic heterocycles. The van der Waals surface area contributed by atoms with Gasteiger partial charge in [-0.1, -0.05) is 52.0 Å². The van der Waals surface area contributed by atoms with Crippen LogP contribution in [0.4, 0.5) is 0 Å². The fourth-order valence-electron chi connectivity index (χ4n) is 0.407. The van der Waals surface area contributed by atoms with Gasteiger partial charge < -0.3 is 0 Å². The highest BCUT2D eigenvalue weighted by molar-refractivity contribution is 5.15. The van der Waals surface area contributed by atoms with Gasteiger partial charge in [0.1, 0.15) is 0 Å². The second-order valence-corrected chi connectivity index (χ2v) is 2.23. The average molecular weight is 168 g/mol. The second kappa shape index (κ2) is 16.7. The highest BCUT2D eigenvalue weighted by Crippen LogP contribution is 2.06. The molecule has 0 saturated carbocycles. The van der Waals surface area contributed by atoms with E-state index < -0.39 is 0 Å². The Balaban J connectivity index is -0.000000175. The first-order chi connectivity index (χ1) is 5.68. The maximum atomic E-state index is 3.86. The van der Waals surface area contributed by atoms with Crippen molar-refractivity contribution in [3.8, 4) is 0 Å².